The molecule has 0 aromatic heterocycles. The number of rotatable bonds is 8. The van der Waals surface area contributed by atoms with Gasteiger partial charge >= 0.3 is 0 Å². The Hall–Kier alpha value is -2.24. The fraction of sp³-hybridized carbons (Fsp3) is 0.409. The summed E-state index contributed by atoms with van der Waals surface area (Å²) in [7, 11) is 1.72. The van der Waals surface area contributed by atoms with Gasteiger partial charge in [-0.25, -0.2) is 0 Å². The molecule has 6 heteroatoms. The Kier molecular flexibility index (Phi) is 7.57. The zero-order valence-electron chi connectivity index (χ0n) is 16.4. The molecule has 0 radical (unpaired) electrons. The first kappa shape index (κ1) is 20.5. The molecule has 28 heavy (non-hydrogen) atoms. The highest BCUT2D eigenvalue weighted by Crippen LogP contribution is 2.28. The van der Waals surface area contributed by atoms with Gasteiger partial charge in [0.15, 0.2) is 0 Å². The summed E-state index contributed by atoms with van der Waals surface area (Å²) in [5, 5.41) is 3.70. The molecule has 150 valence electrons. The Balaban J connectivity index is 1.33. The fourth-order valence-corrected chi connectivity index (χ4v) is 3.61. The monoisotopic (exact) mass is 401 g/mol. The average molecular weight is 402 g/mol. The van der Waals surface area contributed by atoms with E-state index in [1.54, 1.807) is 7.11 Å². The van der Waals surface area contributed by atoms with Crippen LogP contribution in [0.5, 0.6) is 5.75 Å². The minimum Gasteiger partial charge on any atom is -0.495 e. The van der Waals surface area contributed by atoms with Gasteiger partial charge in [0.25, 0.3) is 0 Å². The Bertz CT molecular complexity index is 759. The van der Waals surface area contributed by atoms with Gasteiger partial charge in [0.2, 0.25) is 5.91 Å². The molecular weight excluding hydrogens is 374 g/mol. The van der Waals surface area contributed by atoms with E-state index in [1.807, 2.05) is 36.4 Å². The summed E-state index contributed by atoms with van der Waals surface area (Å²) in [5.41, 5.74) is 2.15. The maximum atomic E-state index is 12.0. The number of piperazine rings is 1. The molecule has 0 spiro atoms. The molecule has 5 nitrogen and oxygen atoms in total. The van der Waals surface area contributed by atoms with Gasteiger partial charge < -0.3 is 15.0 Å². The van der Waals surface area contributed by atoms with Crippen molar-refractivity contribution in [2.24, 2.45) is 0 Å². The van der Waals surface area contributed by atoms with Gasteiger partial charge in [0.05, 0.1) is 19.2 Å². The van der Waals surface area contributed by atoms with Crippen molar-refractivity contribution in [2.75, 3.05) is 51.3 Å². The van der Waals surface area contributed by atoms with Crippen LogP contribution in [0.25, 0.3) is 0 Å². The van der Waals surface area contributed by atoms with Gasteiger partial charge in [0, 0.05) is 37.7 Å². The summed E-state index contributed by atoms with van der Waals surface area (Å²) < 4.78 is 5.47. The molecule has 0 bridgehead atoms. The SMILES string of the molecule is COc1ccccc1N1CCN(CCCNC(=O)Cc2ccc(Cl)cc2)CC1. The average Bonchev–Trinajstić information content (AvgIpc) is 2.73. The molecular formula is C22H28ClN3O2. The third kappa shape index (κ3) is 5.88. The summed E-state index contributed by atoms with van der Waals surface area (Å²) in [5.74, 6) is 0.989. The van der Waals surface area contributed by atoms with Gasteiger partial charge in [-0.1, -0.05) is 35.9 Å². The second-order valence-electron chi connectivity index (χ2n) is 7.01. The van der Waals surface area contributed by atoms with Crippen molar-refractivity contribution in [3.05, 3.63) is 59.1 Å². The molecule has 1 amide bonds. The van der Waals surface area contributed by atoms with Crippen molar-refractivity contribution in [1.29, 1.82) is 0 Å². The van der Waals surface area contributed by atoms with E-state index in [-0.39, 0.29) is 5.91 Å². The largest absolute Gasteiger partial charge is 0.495 e. The number of anilines is 1. The van der Waals surface area contributed by atoms with Crippen LogP contribution in [0.2, 0.25) is 5.02 Å². The van der Waals surface area contributed by atoms with E-state index >= 15 is 0 Å². The van der Waals surface area contributed by atoms with Crippen molar-refractivity contribution >= 4 is 23.2 Å². The molecule has 0 aliphatic carbocycles. The van der Waals surface area contributed by atoms with E-state index in [1.165, 1.54) is 5.69 Å². The summed E-state index contributed by atoms with van der Waals surface area (Å²) in [4.78, 5) is 16.9. The summed E-state index contributed by atoms with van der Waals surface area (Å²) in [6, 6.07) is 15.6. The molecule has 1 saturated heterocycles. The Morgan fingerprint density at radius 3 is 2.50 bits per heavy atom. The molecule has 2 aromatic rings. The van der Waals surface area contributed by atoms with Crippen molar-refractivity contribution in [3.8, 4) is 5.75 Å². The third-order valence-corrected chi connectivity index (χ3v) is 5.30. The van der Waals surface area contributed by atoms with E-state index < -0.39 is 0 Å². The second kappa shape index (κ2) is 10.3. The lowest BCUT2D eigenvalue weighted by molar-refractivity contribution is -0.120. The van der Waals surface area contributed by atoms with Gasteiger partial charge in [-0.3, -0.25) is 9.69 Å². The topological polar surface area (TPSA) is 44.8 Å². The molecule has 3 rings (SSSR count). The zero-order valence-corrected chi connectivity index (χ0v) is 17.1. The van der Waals surface area contributed by atoms with E-state index in [9.17, 15) is 4.79 Å². The predicted molar refractivity (Wildman–Crippen MR) is 114 cm³/mol. The molecule has 1 heterocycles. The minimum absolute atomic E-state index is 0.0586. The first-order valence-electron chi connectivity index (χ1n) is 9.77. The van der Waals surface area contributed by atoms with Gasteiger partial charge in [-0.15, -0.1) is 0 Å². The fourth-order valence-electron chi connectivity index (χ4n) is 3.48. The first-order chi connectivity index (χ1) is 13.7. The summed E-state index contributed by atoms with van der Waals surface area (Å²) in [6.45, 7) is 5.74. The molecule has 1 aliphatic rings. The smallest absolute Gasteiger partial charge is 0.224 e. The molecule has 1 N–H and O–H groups in total. The van der Waals surface area contributed by atoms with E-state index in [4.69, 9.17) is 16.3 Å². The number of carbonyl (C=O) groups is 1. The van der Waals surface area contributed by atoms with E-state index in [2.05, 4.69) is 27.2 Å². The Morgan fingerprint density at radius 1 is 1.07 bits per heavy atom. The number of methoxy groups -OCH3 is 1. The number of ether oxygens (including phenoxy) is 1. The quantitative estimate of drug-likeness (QED) is 0.690. The normalized spacial score (nSPS) is 14.7. The number of benzene rings is 2. The number of nitrogens with zero attached hydrogens (tertiary/aromatic N) is 2. The van der Waals surface area contributed by atoms with E-state index in [0.717, 1.165) is 50.5 Å². The van der Waals surface area contributed by atoms with Crippen LogP contribution in [0, 0.1) is 0 Å². The van der Waals surface area contributed by atoms with Crippen LogP contribution < -0.4 is 15.0 Å². The molecule has 0 saturated carbocycles. The molecule has 2 aromatic carbocycles. The standard InChI is InChI=1S/C22H28ClN3O2/c1-28-21-6-3-2-5-20(21)26-15-13-25(14-16-26)12-4-11-24-22(27)17-18-7-9-19(23)10-8-18/h2-3,5-10H,4,11-17H2,1H3,(H,24,27). The van der Waals surface area contributed by atoms with Gasteiger partial charge in [-0.05, 0) is 42.8 Å². The van der Waals surface area contributed by atoms with Crippen LogP contribution in [0.4, 0.5) is 5.69 Å². The lowest BCUT2D eigenvalue weighted by Gasteiger charge is -2.36. The number of amides is 1. The highest BCUT2D eigenvalue weighted by Gasteiger charge is 2.19. The maximum Gasteiger partial charge on any atom is 0.224 e. The number of hydrogen-bond acceptors (Lipinski definition) is 4. The van der Waals surface area contributed by atoms with Crippen molar-refractivity contribution in [2.45, 2.75) is 12.8 Å². The van der Waals surface area contributed by atoms with Crippen molar-refractivity contribution < 1.29 is 9.53 Å². The number of hydrogen-bond donors (Lipinski definition) is 1. The molecule has 0 atom stereocenters. The van der Waals surface area contributed by atoms with E-state index in [0.29, 0.717) is 18.0 Å². The van der Waals surface area contributed by atoms with Crippen LogP contribution in [-0.2, 0) is 11.2 Å². The lowest BCUT2D eigenvalue weighted by atomic mass is 10.1. The van der Waals surface area contributed by atoms with Crippen LogP contribution in [-0.4, -0.2) is 57.2 Å². The van der Waals surface area contributed by atoms with Crippen LogP contribution >= 0.6 is 11.6 Å². The van der Waals surface area contributed by atoms with Crippen LogP contribution in [0.15, 0.2) is 48.5 Å². The van der Waals surface area contributed by atoms with Crippen LogP contribution in [0.1, 0.15) is 12.0 Å². The highest BCUT2D eigenvalue weighted by molar-refractivity contribution is 6.30. The number of carbonyl (C=O) groups excluding carboxylic acids is 1. The Labute approximate surface area is 172 Å². The number of halogens is 1. The van der Waals surface area contributed by atoms with Crippen molar-refractivity contribution in [1.82, 2.24) is 10.2 Å². The lowest BCUT2D eigenvalue weighted by Crippen LogP contribution is -2.47. The highest BCUT2D eigenvalue weighted by atomic mass is 35.5. The summed E-state index contributed by atoms with van der Waals surface area (Å²) in [6.07, 6.45) is 1.36. The summed E-state index contributed by atoms with van der Waals surface area (Å²) >= 11 is 5.87. The minimum atomic E-state index is 0.0586. The zero-order chi connectivity index (χ0) is 19.8. The second-order valence-corrected chi connectivity index (χ2v) is 7.44. The third-order valence-electron chi connectivity index (χ3n) is 5.05. The molecule has 0 unspecified atom stereocenters. The van der Waals surface area contributed by atoms with Crippen molar-refractivity contribution in [3.63, 3.8) is 0 Å². The number of para-hydroxylation sites is 2. The predicted octanol–water partition coefficient (Wildman–Crippen LogP) is 3.22. The molecule has 1 fully saturated rings. The maximum absolute atomic E-state index is 12.0. The van der Waals surface area contributed by atoms with Gasteiger partial charge in [0.1, 0.15) is 5.75 Å². The van der Waals surface area contributed by atoms with Crippen LogP contribution in [0.3, 0.4) is 0 Å². The Morgan fingerprint density at radius 2 is 1.79 bits per heavy atom. The van der Waals surface area contributed by atoms with Gasteiger partial charge in [-0.2, -0.15) is 0 Å². The molecule has 1 aliphatic heterocycles. The first-order valence-corrected chi connectivity index (χ1v) is 10.1. The number of nitrogens with one attached hydrogen (secondary N) is 1.